The van der Waals surface area contributed by atoms with Crippen LogP contribution >= 0.6 is 12.2 Å². The minimum atomic E-state index is -0.318. The Bertz CT molecular complexity index is 685. The SMILES string of the molecule is CCOC(=O)c1[nH]c2c(c1C)C(=S)CC(c1ccco1)C2. The molecule has 110 valence electrons. The van der Waals surface area contributed by atoms with Crippen molar-refractivity contribution in [3.05, 3.63) is 46.7 Å². The van der Waals surface area contributed by atoms with E-state index in [0.29, 0.717) is 12.3 Å². The highest BCUT2D eigenvalue weighted by Gasteiger charge is 2.31. The average molecular weight is 303 g/mol. The molecule has 1 N–H and O–H groups in total. The lowest BCUT2D eigenvalue weighted by atomic mass is 9.85. The number of aromatic nitrogens is 1. The summed E-state index contributed by atoms with van der Waals surface area (Å²) in [4.78, 5) is 16.1. The van der Waals surface area contributed by atoms with Crippen molar-refractivity contribution < 1.29 is 13.9 Å². The fourth-order valence-electron chi connectivity index (χ4n) is 2.97. The smallest absolute Gasteiger partial charge is 0.355 e. The molecule has 1 aliphatic carbocycles. The fraction of sp³-hybridized carbons (Fsp3) is 0.375. The lowest BCUT2D eigenvalue weighted by Crippen LogP contribution is -2.17. The number of carbonyl (C=O) groups is 1. The van der Waals surface area contributed by atoms with Crippen LogP contribution in [0.2, 0.25) is 0 Å². The van der Waals surface area contributed by atoms with E-state index >= 15 is 0 Å². The molecule has 0 saturated heterocycles. The first-order chi connectivity index (χ1) is 10.1. The van der Waals surface area contributed by atoms with Crippen LogP contribution in [-0.4, -0.2) is 22.4 Å². The number of esters is 1. The third-order valence-electron chi connectivity index (χ3n) is 3.91. The van der Waals surface area contributed by atoms with E-state index in [-0.39, 0.29) is 11.9 Å². The minimum absolute atomic E-state index is 0.230. The lowest BCUT2D eigenvalue weighted by molar-refractivity contribution is 0.0519. The van der Waals surface area contributed by atoms with Gasteiger partial charge in [-0.15, -0.1) is 0 Å². The maximum atomic E-state index is 12.0. The summed E-state index contributed by atoms with van der Waals surface area (Å²) in [5.74, 6) is 0.850. The van der Waals surface area contributed by atoms with Crippen molar-refractivity contribution in [1.82, 2.24) is 4.98 Å². The van der Waals surface area contributed by atoms with Gasteiger partial charge in [0.15, 0.2) is 0 Å². The summed E-state index contributed by atoms with van der Waals surface area (Å²) in [6, 6.07) is 3.86. The van der Waals surface area contributed by atoms with Gasteiger partial charge >= 0.3 is 5.97 Å². The van der Waals surface area contributed by atoms with E-state index in [1.807, 2.05) is 19.1 Å². The Hall–Kier alpha value is -1.88. The topological polar surface area (TPSA) is 55.2 Å². The molecule has 0 spiro atoms. The molecular weight excluding hydrogens is 286 g/mol. The maximum absolute atomic E-state index is 12.0. The van der Waals surface area contributed by atoms with Crippen LogP contribution in [0.5, 0.6) is 0 Å². The summed E-state index contributed by atoms with van der Waals surface area (Å²) in [6.45, 7) is 4.08. The molecule has 3 rings (SSSR count). The zero-order chi connectivity index (χ0) is 15.0. The van der Waals surface area contributed by atoms with Crippen molar-refractivity contribution in [2.45, 2.75) is 32.6 Å². The Balaban J connectivity index is 1.96. The number of hydrogen-bond acceptors (Lipinski definition) is 4. The Kier molecular flexibility index (Phi) is 3.68. The molecule has 0 aliphatic heterocycles. The van der Waals surface area contributed by atoms with Crippen molar-refractivity contribution in [2.75, 3.05) is 6.61 Å². The van der Waals surface area contributed by atoms with Gasteiger partial charge in [0.1, 0.15) is 11.5 Å². The minimum Gasteiger partial charge on any atom is -0.469 e. The van der Waals surface area contributed by atoms with Gasteiger partial charge in [-0.05, 0) is 44.4 Å². The molecule has 0 amide bonds. The number of H-pyrrole nitrogens is 1. The van der Waals surface area contributed by atoms with Gasteiger partial charge in [-0.1, -0.05) is 12.2 Å². The molecule has 1 aliphatic rings. The van der Waals surface area contributed by atoms with E-state index in [2.05, 4.69) is 4.98 Å². The molecule has 1 unspecified atom stereocenters. The maximum Gasteiger partial charge on any atom is 0.355 e. The van der Waals surface area contributed by atoms with Gasteiger partial charge in [0, 0.05) is 22.0 Å². The van der Waals surface area contributed by atoms with Gasteiger partial charge < -0.3 is 14.1 Å². The molecule has 1 atom stereocenters. The Labute approximate surface area is 128 Å². The van der Waals surface area contributed by atoms with Crippen molar-refractivity contribution in [2.24, 2.45) is 0 Å². The first-order valence-electron chi connectivity index (χ1n) is 7.07. The molecule has 0 fully saturated rings. The molecule has 2 aromatic rings. The van der Waals surface area contributed by atoms with Crippen LogP contribution in [-0.2, 0) is 11.2 Å². The van der Waals surface area contributed by atoms with E-state index in [1.54, 1.807) is 13.2 Å². The summed E-state index contributed by atoms with van der Waals surface area (Å²) in [6.07, 6.45) is 3.25. The number of carbonyl (C=O) groups excluding carboxylic acids is 1. The largest absolute Gasteiger partial charge is 0.469 e. The van der Waals surface area contributed by atoms with Gasteiger partial charge in [0.2, 0.25) is 0 Å². The number of rotatable bonds is 3. The standard InChI is InChI=1S/C16H17NO3S/c1-3-19-16(18)15-9(2)14-11(17-15)7-10(8-13(14)21)12-5-4-6-20-12/h4-6,10,17H,3,7-8H2,1-2H3. The summed E-state index contributed by atoms with van der Waals surface area (Å²) in [5.41, 5.74) is 3.43. The number of nitrogens with one attached hydrogen (secondary N) is 1. The van der Waals surface area contributed by atoms with E-state index in [4.69, 9.17) is 21.4 Å². The van der Waals surface area contributed by atoms with Crippen molar-refractivity contribution >= 4 is 23.1 Å². The highest BCUT2D eigenvalue weighted by atomic mass is 32.1. The number of hydrogen-bond donors (Lipinski definition) is 1. The van der Waals surface area contributed by atoms with Crippen LogP contribution in [0.4, 0.5) is 0 Å². The van der Waals surface area contributed by atoms with Gasteiger partial charge in [-0.25, -0.2) is 4.79 Å². The Morgan fingerprint density at radius 3 is 3.00 bits per heavy atom. The van der Waals surface area contributed by atoms with Gasteiger partial charge in [0.05, 0.1) is 12.9 Å². The summed E-state index contributed by atoms with van der Waals surface area (Å²) in [5, 5.41) is 0. The molecule has 21 heavy (non-hydrogen) atoms. The predicted octanol–water partition coefficient (Wildman–Crippen LogP) is 3.54. The van der Waals surface area contributed by atoms with Gasteiger partial charge in [-0.3, -0.25) is 0 Å². The Morgan fingerprint density at radius 2 is 2.33 bits per heavy atom. The third-order valence-corrected chi connectivity index (χ3v) is 4.28. The molecule has 0 aromatic carbocycles. The third kappa shape index (κ3) is 2.42. The van der Waals surface area contributed by atoms with Crippen LogP contribution in [0.15, 0.2) is 22.8 Å². The van der Waals surface area contributed by atoms with Crippen LogP contribution in [0.25, 0.3) is 0 Å². The van der Waals surface area contributed by atoms with E-state index in [0.717, 1.165) is 40.3 Å². The highest BCUT2D eigenvalue weighted by Crippen LogP contribution is 2.35. The normalized spacial score (nSPS) is 17.6. The van der Waals surface area contributed by atoms with Crippen molar-refractivity contribution in [1.29, 1.82) is 0 Å². The van der Waals surface area contributed by atoms with E-state index in [9.17, 15) is 4.79 Å². The fourth-order valence-corrected chi connectivity index (χ4v) is 3.44. The molecule has 0 radical (unpaired) electrons. The number of furan rings is 1. The van der Waals surface area contributed by atoms with Crippen LogP contribution < -0.4 is 0 Å². The molecule has 5 heteroatoms. The zero-order valence-electron chi connectivity index (χ0n) is 12.1. The predicted molar refractivity (Wildman–Crippen MR) is 83.0 cm³/mol. The van der Waals surface area contributed by atoms with Crippen LogP contribution in [0, 0.1) is 6.92 Å². The molecular formula is C16H17NO3S. The molecule has 2 aromatic heterocycles. The second kappa shape index (κ2) is 5.48. The van der Waals surface area contributed by atoms with Crippen molar-refractivity contribution in [3.63, 3.8) is 0 Å². The summed E-state index contributed by atoms with van der Waals surface area (Å²) < 4.78 is 10.6. The number of fused-ring (bicyclic) bond motifs is 1. The zero-order valence-corrected chi connectivity index (χ0v) is 12.9. The van der Waals surface area contributed by atoms with Gasteiger partial charge in [-0.2, -0.15) is 0 Å². The highest BCUT2D eigenvalue weighted by molar-refractivity contribution is 7.80. The molecule has 4 nitrogen and oxygen atoms in total. The second-order valence-corrected chi connectivity index (χ2v) is 5.74. The van der Waals surface area contributed by atoms with E-state index in [1.165, 1.54) is 0 Å². The first-order valence-corrected chi connectivity index (χ1v) is 7.47. The summed E-state index contributed by atoms with van der Waals surface area (Å²) >= 11 is 5.55. The van der Waals surface area contributed by atoms with E-state index < -0.39 is 0 Å². The number of thiocarbonyl (C=S) groups is 1. The quantitative estimate of drug-likeness (QED) is 0.696. The molecule has 0 saturated carbocycles. The lowest BCUT2D eigenvalue weighted by Gasteiger charge is -2.21. The summed E-state index contributed by atoms with van der Waals surface area (Å²) in [7, 11) is 0. The first kappa shape index (κ1) is 14.1. The van der Waals surface area contributed by atoms with Crippen LogP contribution in [0.3, 0.4) is 0 Å². The monoisotopic (exact) mass is 303 g/mol. The van der Waals surface area contributed by atoms with Crippen LogP contribution in [0.1, 0.15) is 52.3 Å². The van der Waals surface area contributed by atoms with Gasteiger partial charge in [0.25, 0.3) is 0 Å². The number of ether oxygens (including phenoxy) is 1. The Morgan fingerprint density at radius 1 is 1.52 bits per heavy atom. The molecule has 0 bridgehead atoms. The van der Waals surface area contributed by atoms with Crippen molar-refractivity contribution in [3.8, 4) is 0 Å². The molecule has 2 heterocycles. The number of aromatic amines is 1. The average Bonchev–Trinajstić information content (AvgIpc) is 3.07. The second-order valence-electron chi connectivity index (χ2n) is 5.24.